The van der Waals surface area contributed by atoms with Crippen LogP contribution in [0.4, 0.5) is 4.79 Å². The molecule has 0 aromatic heterocycles. The summed E-state index contributed by atoms with van der Waals surface area (Å²) in [6.07, 6.45) is 2.51. The van der Waals surface area contributed by atoms with Crippen LogP contribution in [0.3, 0.4) is 0 Å². The fourth-order valence-corrected chi connectivity index (χ4v) is 8.52. The van der Waals surface area contributed by atoms with Crippen LogP contribution in [-0.4, -0.2) is 46.6 Å². The number of carbonyl (C=O) groups is 5. The van der Waals surface area contributed by atoms with E-state index in [1.807, 2.05) is 42.5 Å². The summed E-state index contributed by atoms with van der Waals surface area (Å²) in [6, 6.07) is 22.6. The van der Waals surface area contributed by atoms with E-state index >= 15 is 0 Å². The Kier molecular flexibility index (Phi) is 6.85. The van der Waals surface area contributed by atoms with Gasteiger partial charge in [-0.05, 0) is 53.7 Å². The van der Waals surface area contributed by atoms with Gasteiger partial charge in [0.1, 0.15) is 5.75 Å². The SMILES string of the molecule is COC(=O)N1C(=O)[C@H]2[C@H](CC=C3[C@H]2C[C@H]2C(=O)C(c4ccccc4)=CC(=O)[C@@]2(c2ccccc2)[C@H]3c2ccc(O)cc2Cl)C1=O. The van der Waals surface area contributed by atoms with Crippen molar-refractivity contribution < 1.29 is 33.8 Å². The minimum Gasteiger partial charge on any atom is -0.508 e. The van der Waals surface area contributed by atoms with Gasteiger partial charge in [-0.2, -0.15) is 4.90 Å². The van der Waals surface area contributed by atoms with Gasteiger partial charge in [0.2, 0.25) is 11.8 Å². The van der Waals surface area contributed by atoms with Gasteiger partial charge in [-0.3, -0.25) is 19.2 Å². The number of ketones is 2. The van der Waals surface area contributed by atoms with E-state index in [2.05, 4.69) is 0 Å². The maximum absolute atomic E-state index is 14.9. The molecule has 0 radical (unpaired) electrons. The number of benzene rings is 3. The number of Topliss-reactive ketones (excluding diaryl/α,β-unsaturated/α-hetero) is 1. The molecule has 1 aliphatic heterocycles. The molecule has 3 aromatic rings. The molecule has 0 spiro atoms. The lowest BCUT2D eigenvalue weighted by Crippen LogP contribution is -2.58. The highest BCUT2D eigenvalue weighted by Crippen LogP contribution is 2.64. The number of rotatable bonds is 3. The molecule has 3 aliphatic carbocycles. The number of imide groups is 3. The van der Waals surface area contributed by atoms with Crippen LogP contribution in [0.15, 0.2) is 96.6 Å². The number of halogens is 1. The maximum atomic E-state index is 14.9. The Bertz CT molecular complexity index is 1850. The van der Waals surface area contributed by atoms with Crippen molar-refractivity contribution in [1.29, 1.82) is 0 Å². The number of carbonyl (C=O) groups excluding carboxylic acids is 5. The zero-order chi connectivity index (χ0) is 31.6. The number of nitrogens with zero attached hydrogens (tertiary/aromatic N) is 1. The highest BCUT2D eigenvalue weighted by atomic mass is 35.5. The van der Waals surface area contributed by atoms with Crippen molar-refractivity contribution in [1.82, 2.24) is 4.90 Å². The first kappa shape index (κ1) is 28.9. The highest BCUT2D eigenvalue weighted by Gasteiger charge is 2.66. The summed E-state index contributed by atoms with van der Waals surface area (Å²) in [5.74, 6) is -6.09. The number of allylic oxidation sites excluding steroid dienone is 4. The Morgan fingerprint density at radius 3 is 2.29 bits per heavy atom. The van der Waals surface area contributed by atoms with Gasteiger partial charge in [-0.15, -0.1) is 0 Å². The minimum absolute atomic E-state index is 0.0679. The van der Waals surface area contributed by atoms with E-state index in [0.717, 1.165) is 7.11 Å². The van der Waals surface area contributed by atoms with Crippen LogP contribution >= 0.6 is 11.6 Å². The first-order valence-electron chi connectivity index (χ1n) is 14.8. The molecule has 1 saturated carbocycles. The summed E-state index contributed by atoms with van der Waals surface area (Å²) in [4.78, 5) is 70.0. The number of phenolic OH excluding ortho intramolecular Hbond substituents is 1. The quantitative estimate of drug-likeness (QED) is 0.297. The topological polar surface area (TPSA) is 118 Å². The van der Waals surface area contributed by atoms with Crippen molar-refractivity contribution in [3.05, 3.63) is 118 Å². The summed E-state index contributed by atoms with van der Waals surface area (Å²) in [5, 5.41) is 10.5. The molecule has 0 bridgehead atoms. The van der Waals surface area contributed by atoms with E-state index in [4.69, 9.17) is 16.3 Å². The predicted octanol–water partition coefficient (Wildman–Crippen LogP) is 5.64. The van der Waals surface area contributed by atoms with Crippen LogP contribution in [0.5, 0.6) is 5.75 Å². The van der Waals surface area contributed by atoms with Gasteiger partial charge in [0.25, 0.3) is 0 Å². The average Bonchev–Trinajstić information content (AvgIpc) is 3.31. The summed E-state index contributed by atoms with van der Waals surface area (Å²) < 4.78 is 4.77. The number of amides is 3. The molecule has 3 amide bonds. The fourth-order valence-electron chi connectivity index (χ4n) is 8.24. The Morgan fingerprint density at radius 2 is 1.62 bits per heavy atom. The maximum Gasteiger partial charge on any atom is 0.423 e. The molecule has 1 N–H and O–H groups in total. The van der Waals surface area contributed by atoms with E-state index in [-0.39, 0.29) is 40.8 Å². The van der Waals surface area contributed by atoms with Gasteiger partial charge in [0.05, 0.1) is 24.4 Å². The molecule has 0 unspecified atom stereocenters. The van der Waals surface area contributed by atoms with Crippen molar-refractivity contribution in [2.24, 2.45) is 23.7 Å². The van der Waals surface area contributed by atoms with E-state index in [1.54, 1.807) is 30.3 Å². The van der Waals surface area contributed by atoms with Crippen LogP contribution in [0.1, 0.15) is 35.4 Å². The number of phenols is 1. The van der Waals surface area contributed by atoms with Crippen LogP contribution in [0.25, 0.3) is 5.57 Å². The van der Waals surface area contributed by atoms with Gasteiger partial charge in [-0.25, -0.2) is 4.79 Å². The van der Waals surface area contributed by atoms with Gasteiger partial charge < -0.3 is 9.84 Å². The van der Waals surface area contributed by atoms with Crippen molar-refractivity contribution in [2.75, 3.05) is 7.11 Å². The van der Waals surface area contributed by atoms with Crippen LogP contribution in [-0.2, 0) is 29.3 Å². The van der Waals surface area contributed by atoms with Gasteiger partial charge in [0, 0.05) is 22.4 Å². The van der Waals surface area contributed by atoms with Gasteiger partial charge in [-0.1, -0.05) is 90.0 Å². The Labute approximate surface area is 263 Å². The standard InChI is InChI=1S/C36H28ClNO7/c1-45-35(44)38-33(42)24-15-14-22-26(30(24)34(38)43)17-27-32(41)25(19-8-4-2-5-9-19)18-29(40)36(27,20-10-6-3-7-11-20)31(22)23-13-12-21(39)16-28(23)37/h2-14,16,18,24,26-27,30-31,39H,15,17H2,1H3/t24-,26+,27-,30-,31+,36-/m0/s1. The summed E-state index contributed by atoms with van der Waals surface area (Å²) in [7, 11) is 1.11. The van der Waals surface area contributed by atoms with Crippen molar-refractivity contribution >= 4 is 46.6 Å². The lowest BCUT2D eigenvalue weighted by molar-refractivity contribution is -0.138. The summed E-state index contributed by atoms with van der Waals surface area (Å²) in [5.41, 5.74) is 1.27. The van der Waals surface area contributed by atoms with Crippen LogP contribution < -0.4 is 0 Å². The van der Waals surface area contributed by atoms with Crippen LogP contribution in [0, 0.1) is 23.7 Å². The van der Waals surface area contributed by atoms with Gasteiger partial charge >= 0.3 is 6.09 Å². The molecule has 9 heteroatoms. The molecule has 45 heavy (non-hydrogen) atoms. The first-order chi connectivity index (χ1) is 21.7. The largest absolute Gasteiger partial charge is 0.508 e. The smallest absolute Gasteiger partial charge is 0.423 e. The second kappa shape index (κ2) is 10.7. The minimum atomic E-state index is -1.44. The number of likely N-dealkylation sites (tertiary alicyclic amines) is 1. The van der Waals surface area contributed by atoms with Crippen molar-refractivity contribution in [3.63, 3.8) is 0 Å². The zero-order valence-electron chi connectivity index (χ0n) is 24.2. The lowest BCUT2D eigenvalue weighted by Gasteiger charge is -2.55. The number of methoxy groups -OCH3 is 1. The van der Waals surface area contributed by atoms with Crippen molar-refractivity contribution in [3.8, 4) is 5.75 Å². The van der Waals surface area contributed by atoms with Crippen molar-refractivity contribution in [2.45, 2.75) is 24.2 Å². The van der Waals surface area contributed by atoms with E-state index in [9.17, 15) is 29.1 Å². The fraction of sp³-hybridized carbons (Fsp3) is 0.250. The van der Waals surface area contributed by atoms with Crippen LogP contribution in [0.2, 0.25) is 5.02 Å². The molecular weight excluding hydrogens is 594 g/mol. The number of hydrogen-bond donors (Lipinski definition) is 1. The Balaban J connectivity index is 1.51. The molecule has 3 aromatic carbocycles. The molecular formula is C36H28ClNO7. The normalized spacial score (nSPS) is 28.9. The summed E-state index contributed by atoms with van der Waals surface area (Å²) in [6.45, 7) is 0. The zero-order valence-corrected chi connectivity index (χ0v) is 24.9. The first-order valence-corrected chi connectivity index (χ1v) is 15.1. The highest BCUT2D eigenvalue weighted by molar-refractivity contribution is 6.33. The predicted molar refractivity (Wildman–Crippen MR) is 164 cm³/mol. The monoisotopic (exact) mass is 621 g/mol. The number of hydrogen-bond acceptors (Lipinski definition) is 7. The third-order valence-corrected chi connectivity index (χ3v) is 10.4. The second-order valence-electron chi connectivity index (χ2n) is 12.0. The number of ether oxygens (including phenoxy) is 1. The summed E-state index contributed by atoms with van der Waals surface area (Å²) >= 11 is 6.84. The lowest BCUT2D eigenvalue weighted by atomic mass is 9.44. The molecule has 8 nitrogen and oxygen atoms in total. The third-order valence-electron chi connectivity index (χ3n) is 10.0. The molecule has 4 aliphatic rings. The number of aromatic hydroxyl groups is 1. The second-order valence-corrected chi connectivity index (χ2v) is 12.4. The molecule has 1 saturated heterocycles. The van der Waals surface area contributed by atoms with Gasteiger partial charge in [0.15, 0.2) is 11.6 Å². The Morgan fingerprint density at radius 1 is 0.933 bits per heavy atom. The third kappa shape index (κ3) is 4.08. The molecule has 226 valence electrons. The number of fused-ring (bicyclic) bond motifs is 4. The molecule has 1 heterocycles. The molecule has 7 rings (SSSR count). The average molecular weight is 622 g/mol. The van der Waals surface area contributed by atoms with E-state index < -0.39 is 52.9 Å². The molecule has 2 fully saturated rings. The Hall–Kier alpha value is -4.82. The molecule has 6 atom stereocenters. The van der Waals surface area contributed by atoms with E-state index in [1.165, 1.54) is 18.2 Å². The van der Waals surface area contributed by atoms with E-state index in [0.29, 0.717) is 27.2 Å².